The summed E-state index contributed by atoms with van der Waals surface area (Å²) in [7, 11) is 0. The Labute approximate surface area is 584 Å². The number of ether oxygens (including phenoxy) is 2. The zero-order valence-electron chi connectivity index (χ0n) is 58.0. The van der Waals surface area contributed by atoms with Crippen LogP contribution in [0.3, 0.4) is 0 Å². The largest absolute Gasteiger partial charge is 0.379 e. The number of nitrogens with zero attached hydrogens (tertiary/aromatic N) is 5. The molecule has 1 fully saturated rings. The zero-order valence-corrected chi connectivity index (χ0v) is 58.0. The first kappa shape index (κ1) is 88.6. The van der Waals surface area contributed by atoms with Crippen LogP contribution >= 0.6 is 0 Å². The van der Waals surface area contributed by atoms with E-state index in [1.807, 2.05) is 0 Å². The summed E-state index contributed by atoms with van der Waals surface area (Å²) in [6.45, 7) is 1.49. The molecule has 0 aliphatic carbocycles. The third kappa shape index (κ3) is 43.8. The fourth-order valence-electron chi connectivity index (χ4n) is 9.99. The van der Waals surface area contributed by atoms with Crippen LogP contribution in [0, 0.1) is 0 Å². The number of carbonyl (C=O) groups excluding carboxylic acids is 11. The number of nitrogens with two attached hydrogens (primary N) is 12. The highest BCUT2D eigenvalue weighted by Gasteiger charge is 2.36. The van der Waals surface area contributed by atoms with Gasteiger partial charge in [0.15, 0.2) is 29.8 Å². The molecule has 39 nitrogen and oxygen atoms in total. The predicted molar refractivity (Wildman–Crippen MR) is 378 cm³/mol. The number of nitrogens with one attached hydrogen (secondary N) is 9. The van der Waals surface area contributed by atoms with E-state index in [9.17, 15) is 52.7 Å². The van der Waals surface area contributed by atoms with Crippen LogP contribution in [0.5, 0.6) is 0 Å². The van der Waals surface area contributed by atoms with E-state index >= 15 is 0 Å². The lowest BCUT2D eigenvalue weighted by Gasteiger charge is -2.27. The highest BCUT2D eigenvalue weighted by Crippen LogP contribution is 2.13. The SMILES string of the molecule is CCCCCCCCCC(=O)NC[C@@H]1NC(=O)[C@H](CCC(=O)CCCOCCOCC(=O)NC(CCCCN)C(N)=O)NC(=O)[C@H](CCCN=C(N)N)NC(=O)[C@H](CCCN=C(N)N)NC(=O)[C@H](CCCN=C(N)N)NC(=O)[C@H](CCCN=C(N)N)NC(=O)[C@H](CCCN=C(N)N)NC1=O. The fourth-order valence-corrected chi connectivity index (χ4v) is 9.99. The number of guanidine groups is 5. The normalized spacial score (nSPS) is 19.0. The van der Waals surface area contributed by atoms with Crippen molar-refractivity contribution in [3.05, 3.63) is 0 Å². The first-order chi connectivity index (χ1) is 47.7. The van der Waals surface area contributed by atoms with Crippen molar-refractivity contribution < 1.29 is 62.2 Å². The lowest BCUT2D eigenvalue weighted by molar-refractivity contribution is -0.135. The number of rotatable bonds is 48. The number of ketones is 1. The molecule has 0 radical (unpaired) electrons. The summed E-state index contributed by atoms with van der Waals surface area (Å²) in [6, 6.07) is -11.8. The lowest BCUT2D eigenvalue weighted by Crippen LogP contribution is -2.61. The lowest BCUT2D eigenvalue weighted by atomic mass is 10.0. The number of Topliss-reactive ketones (excluding diaryl/α,β-unsaturated/α-hetero) is 1. The van der Waals surface area contributed by atoms with Crippen molar-refractivity contribution in [2.75, 3.05) is 72.2 Å². The predicted octanol–water partition coefficient (Wildman–Crippen LogP) is -6.82. The molecule has 1 aliphatic rings. The van der Waals surface area contributed by atoms with E-state index < -0.39 is 126 Å². The Balaban J connectivity index is 4.10. The van der Waals surface area contributed by atoms with Gasteiger partial charge in [0.1, 0.15) is 60.7 Å². The van der Waals surface area contributed by atoms with Crippen LogP contribution in [0.2, 0.25) is 0 Å². The first-order valence-electron chi connectivity index (χ1n) is 34.3. The fraction of sp³-hybridized carbons (Fsp3) is 0.738. The van der Waals surface area contributed by atoms with Gasteiger partial charge in [-0.2, -0.15) is 0 Å². The Morgan fingerprint density at radius 1 is 0.390 bits per heavy atom. The molecule has 0 aromatic heterocycles. The van der Waals surface area contributed by atoms with E-state index in [0.717, 1.165) is 38.5 Å². The summed E-state index contributed by atoms with van der Waals surface area (Å²) in [5, 5.41) is 23.8. The van der Waals surface area contributed by atoms with Crippen LogP contribution in [-0.2, 0) is 62.2 Å². The van der Waals surface area contributed by atoms with Gasteiger partial charge in [-0.3, -0.25) is 77.7 Å². The molecule has 100 heavy (non-hydrogen) atoms. The number of hydrogen-bond donors (Lipinski definition) is 21. The smallest absolute Gasteiger partial charge is 0.246 e. The molecule has 0 aromatic rings. The van der Waals surface area contributed by atoms with Gasteiger partial charge in [0.2, 0.25) is 59.1 Å². The van der Waals surface area contributed by atoms with Gasteiger partial charge in [-0.25, -0.2) is 0 Å². The standard InChI is InChI=1S/C61H116N26O13/c1-2-3-4-5-6-7-8-24-47(89)79-36-46-56(98)85-44(23-15-32-78-61(72)73)53(95)83-42(21-13-30-76-59(68)69)51(93)81-40(19-11-28-74-57(64)65)50(92)82-41(20-12-29-75-58(66)67)52(94)84-43(22-14-31-77-60(70)71)54(96)86-45(55(97)87-46)26-25-38(88)17-16-33-99-34-35-100-37-48(90)80-39(49(63)91)18-9-10-27-62/h39-46H,2-37,62H2,1H3,(H2,63,91)(H,79,89)(H,80,90)(H,81,93)(H,82,92)(H,83,95)(H,84,94)(H,85,98)(H,86,96)(H,87,97)(H4,64,65,74)(H4,66,67,75)(H4,68,69,76)(H4,70,71,77)(H4,72,73,78)/t39?,40-,41-,42-,43-,44-,45-,46-/m0/s1. The van der Waals surface area contributed by atoms with Crippen LogP contribution in [0.25, 0.3) is 0 Å². The molecule has 1 rings (SSSR count). The summed E-state index contributed by atoms with van der Waals surface area (Å²) < 4.78 is 11.0. The van der Waals surface area contributed by atoms with Crippen LogP contribution in [0.1, 0.15) is 167 Å². The molecule has 568 valence electrons. The maximum atomic E-state index is 15.0. The molecule has 10 amide bonds. The summed E-state index contributed by atoms with van der Waals surface area (Å²) in [6.07, 6.45) is 6.70. The van der Waals surface area contributed by atoms with Crippen molar-refractivity contribution in [2.45, 2.75) is 216 Å². The monoisotopic (exact) mass is 1420 g/mol. The van der Waals surface area contributed by atoms with Crippen LogP contribution in [0.15, 0.2) is 25.0 Å². The minimum absolute atomic E-state index is 0.0170. The molecule has 0 aromatic carbocycles. The van der Waals surface area contributed by atoms with Crippen molar-refractivity contribution in [3.63, 3.8) is 0 Å². The van der Waals surface area contributed by atoms with E-state index in [0.29, 0.717) is 32.2 Å². The van der Waals surface area contributed by atoms with E-state index in [2.05, 4.69) is 79.7 Å². The molecule has 1 unspecified atom stereocenters. The number of aliphatic imine (C=N–C) groups is 5. The average Bonchev–Trinajstić information content (AvgIpc) is 1.03. The minimum Gasteiger partial charge on any atom is -0.379 e. The number of hydrogen-bond acceptors (Lipinski definition) is 19. The number of unbranched alkanes of at least 4 members (excludes halogenated alkanes) is 7. The van der Waals surface area contributed by atoms with Crippen molar-refractivity contribution in [2.24, 2.45) is 93.8 Å². The molecule has 1 heterocycles. The Morgan fingerprint density at radius 3 is 1.11 bits per heavy atom. The van der Waals surface area contributed by atoms with Crippen molar-refractivity contribution in [1.29, 1.82) is 0 Å². The molecule has 0 saturated carbocycles. The van der Waals surface area contributed by atoms with Gasteiger partial charge in [-0.15, -0.1) is 0 Å². The zero-order chi connectivity index (χ0) is 74.6. The van der Waals surface area contributed by atoms with Gasteiger partial charge >= 0.3 is 0 Å². The van der Waals surface area contributed by atoms with E-state index in [-0.39, 0.29) is 179 Å². The maximum Gasteiger partial charge on any atom is 0.246 e. The Morgan fingerprint density at radius 2 is 0.740 bits per heavy atom. The van der Waals surface area contributed by atoms with Gasteiger partial charge in [0, 0.05) is 65.1 Å². The van der Waals surface area contributed by atoms with E-state index in [1.54, 1.807) is 0 Å². The van der Waals surface area contributed by atoms with Gasteiger partial charge < -0.3 is 126 Å². The number of primary amides is 1. The highest BCUT2D eigenvalue weighted by atomic mass is 16.5. The molecule has 0 bridgehead atoms. The Bertz CT molecular complexity index is 2680. The second kappa shape index (κ2) is 53.6. The van der Waals surface area contributed by atoms with Crippen molar-refractivity contribution >= 4 is 94.7 Å². The topological polar surface area (TPSA) is 689 Å². The summed E-state index contributed by atoms with van der Waals surface area (Å²) >= 11 is 0. The first-order valence-corrected chi connectivity index (χ1v) is 34.3. The molecule has 33 N–H and O–H groups in total. The highest BCUT2D eigenvalue weighted by molar-refractivity contribution is 5.99. The van der Waals surface area contributed by atoms with Gasteiger partial charge in [-0.05, 0) is 109 Å². The second-order valence-electron chi connectivity index (χ2n) is 24.0. The third-order valence-electron chi connectivity index (χ3n) is 15.4. The maximum absolute atomic E-state index is 15.0. The van der Waals surface area contributed by atoms with Gasteiger partial charge in [0.25, 0.3) is 0 Å². The molecule has 1 saturated heterocycles. The van der Waals surface area contributed by atoms with Crippen LogP contribution < -0.4 is 117 Å². The Hall–Kier alpha value is -9.40. The van der Waals surface area contributed by atoms with Crippen LogP contribution in [0.4, 0.5) is 0 Å². The summed E-state index contributed by atoms with van der Waals surface area (Å²) in [5.41, 5.74) is 67.0. The van der Waals surface area contributed by atoms with Crippen molar-refractivity contribution in [3.8, 4) is 0 Å². The van der Waals surface area contributed by atoms with Crippen LogP contribution in [-0.4, -0.2) is 215 Å². The summed E-state index contributed by atoms with van der Waals surface area (Å²) in [5.74, 6) is -10.2. The molecule has 8 atom stereocenters. The van der Waals surface area contributed by atoms with Gasteiger partial charge in [-0.1, -0.05) is 45.4 Å². The van der Waals surface area contributed by atoms with E-state index in [1.165, 1.54) is 0 Å². The van der Waals surface area contributed by atoms with E-state index in [4.69, 9.17) is 78.3 Å². The molecule has 1 aliphatic heterocycles. The van der Waals surface area contributed by atoms with Gasteiger partial charge in [0.05, 0.1) is 13.2 Å². The molecule has 39 heteroatoms. The average molecular weight is 1420 g/mol. The second-order valence-corrected chi connectivity index (χ2v) is 24.0. The molecular formula is C61H116N26O13. The quantitative estimate of drug-likeness (QED) is 0.0153. The number of carbonyl (C=O) groups is 11. The summed E-state index contributed by atoms with van der Waals surface area (Å²) in [4.78, 5) is 175. The number of amides is 10. The third-order valence-corrected chi connectivity index (χ3v) is 15.4. The molecule has 0 spiro atoms. The van der Waals surface area contributed by atoms with Crippen molar-refractivity contribution in [1.82, 2.24) is 47.9 Å². The minimum atomic E-state index is -1.71. The molecular weight excluding hydrogens is 1300 g/mol. The Kier molecular flexibility index (Phi) is 47.5.